The van der Waals surface area contributed by atoms with Gasteiger partial charge in [0.05, 0.1) is 0 Å². The molecule has 0 bridgehead atoms. The number of amides is 2. The Bertz CT molecular complexity index is 436. The molecule has 0 radical (unpaired) electrons. The highest BCUT2D eigenvalue weighted by molar-refractivity contribution is 6.39. The van der Waals surface area contributed by atoms with E-state index in [-0.39, 0.29) is 0 Å². The summed E-state index contributed by atoms with van der Waals surface area (Å²) in [5.74, 6) is -1.00. The second-order valence-electron chi connectivity index (χ2n) is 4.82. The van der Waals surface area contributed by atoms with Crippen molar-refractivity contribution in [2.45, 2.75) is 33.2 Å². The van der Waals surface area contributed by atoms with Crippen LogP contribution in [-0.4, -0.2) is 22.3 Å². The number of pyridine rings is 1. The van der Waals surface area contributed by atoms with E-state index >= 15 is 0 Å². The molecule has 0 atom stereocenters. The van der Waals surface area contributed by atoms with Crippen LogP contribution in [0.3, 0.4) is 0 Å². The lowest BCUT2D eigenvalue weighted by Crippen LogP contribution is -2.46. The Labute approximate surface area is 101 Å². The molecule has 1 aromatic heterocycles. The van der Waals surface area contributed by atoms with Crippen LogP contribution in [0.2, 0.25) is 0 Å². The fourth-order valence-corrected chi connectivity index (χ4v) is 1.18. The minimum absolute atomic E-state index is 0.374. The first-order valence-electron chi connectivity index (χ1n) is 5.35. The minimum atomic E-state index is -0.710. The number of rotatable bonds is 1. The molecule has 1 aromatic rings. The van der Waals surface area contributed by atoms with E-state index in [1.807, 2.05) is 33.8 Å². The molecule has 0 saturated heterocycles. The fourth-order valence-electron chi connectivity index (χ4n) is 1.18. The smallest absolute Gasteiger partial charge is 0.314 e. The van der Waals surface area contributed by atoms with Crippen molar-refractivity contribution >= 4 is 17.6 Å². The number of hydrogen-bond donors (Lipinski definition) is 2. The minimum Gasteiger partial charge on any atom is -0.343 e. The second kappa shape index (κ2) is 4.95. The zero-order chi connectivity index (χ0) is 13.1. The first kappa shape index (κ1) is 13.2. The maximum absolute atomic E-state index is 11.5. The third-order valence-corrected chi connectivity index (χ3v) is 1.82. The highest BCUT2D eigenvalue weighted by Crippen LogP contribution is 2.04. The van der Waals surface area contributed by atoms with Gasteiger partial charge in [-0.1, -0.05) is 6.07 Å². The number of nitrogens with one attached hydrogen (secondary N) is 2. The molecule has 17 heavy (non-hydrogen) atoms. The Morgan fingerprint density at radius 3 is 2.35 bits per heavy atom. The summed E-state index contributed by atoms with van der Waals surface area (Å²) in [6, 6.07) is 5.21. The van der Waals surface area contributed by atoms with Crippen molar-refractivity contribution in [1.82, 2.24) is 10.3 Å². The molecule has 0 fully saturated rings. The first-order valence-corrected chi connectivity index (χ1v) is 5.35. The monoisotopic (exact) mass is 235 g/mol. The predicted octanol–water partition coefficient (Wildman–Crippen LogP) is 1.24. The summed E-state index contributed by atoms with van der Waals surface area (Å²) < 4.78 is 0. The molecule has 2 amide bonds. The van der Waals surface area contributed by atoms with E-state index in [9.17, 15) is 9.59 Å². The van der Waals surface area contributed by atoms with Crippen LogP contribution < -0.4 is 10.6 Å². The molecule has 0 aliphatic carbocycles. The Kier molecular flexibility index (Phi) is 3.83. The van der Waals surface area contributed by atoms with E-state index in [0.29, 0.717) is 5.82 Å². The average molecular weight is 235 g/mol. The van der Waals surface area contributed by atoms with Gasteiger partial charge in [-0.05, 0) is 39.8 Å². The number of carbonyl (C=O) groups excluding carboxylic acids is 2. The molecular formula is C12H17N3O2. The summed E-state index contributed by atoms with van der Waals surface area (Å²) in [5.41, 5.74) is 0.341. The summed E-state index contributed by atoms with van der Waals surface area (Å²) in [5, 5.41) is 5.02. The maximum atomic E-state index is 11.5. The number of carbonyl (C=O) groups is 2. The zero-order valence-corrected chi connectivity index (χ0v) is 10.5. The van der Waals surface area contributed by atoms with Crippen molar-refractivity contribution in [3.05, 3.63) is 23.9 Å². The van der Waals surface area contributed by atoms with Gasteiger partial charge in [0.1, 0.15) is 5.82 Å². The highest BCUT2D eigenvalue weighted by Gasteiger charge is 2.20. The molecule has 0 spiro atoms. The quantitative estimate of drug-likeness (QED) is 0.719. The molecule has 0 aromatic carbocycles. The van der Waals surface area contributed by atoms with Crippen LogP contribution in [0, 0.1) is 6.92 Å². The third kappa shape index (κ3) is 4.63. The highest BCUT2D eigenvalue weighted by atomic mass is 16.2. The molecular weight excluding hydrogens is 218 g/mol. The van der Waals surface area contributed by atoms with Gasteiger partial charge in [0.25, 0.3) is 0 Å². The standard InChI is InChI=1S/C12H17N3O2/c1-8-6-5-7-9(13-8)14-10(16)11(17)15-12(2,3)4/h5-7H,1-4H3,(H,15,17)(H,13,14,16). The van der Waals surface area contributed by atoms with Crippen LogP contribution in [0.15, 0.2) is 18.2 Å². The SMILES string of the molecule is Cc1cccc(NC(=O)C(=O)NC(C)(C)C)n1. The van der Waals surface area contributed by atoms with E-state index in [4.69, 9.17) is 0 Å². The molecule has 5 heteroatoms. The van der Waals surface area contributed by atoms with E-state index in [1.54, 1.807) is 12.1 Å². The summed E-state index contributed by atoms with van der Waals surface area (Å²) in [6.45, 7) is 7.24. The summed E-state index contributed by atoms with van der Waals surface area (Å²) in [7, 11) is 0. The van der Waals surface area contributed by atoms with Crippen LogP contribution in [0.4, 0.5) is 5.82 Å². The average Bonchev–Trinajstić information content (AvgIpc) is 2.14. The van der Waals surface area contributed by atoms with Crippen LogP contribution in [-0.2, 0) is 9.59 Å². The fraction of sp³-hybridized carbons (Fsp3) is 0.417. The normalized spacial score (nSPS) is 10.8. The number of anilines is 1. The van der Waals surface area contributed by atoms with Gasteiger partial charge in [0.2, 0.25) is 0 Å². The molecule has 2 N–H and O–H groups in total. The van der Waals surface area contributed by atoms with Gasteiger partial charge in [0, 0.05) is 11.2 Å². The maximum Gasteiger partial charge on any atom is 0.314 e. The lowest BCUT2D eigenvalue weighted by molar-refractivity contribution is -0.137. The van der Waals surface area contributed by atoms with Crippen molar-refractivity contribution in [2.75, 3.05) is 5.32 Å². The molecule has 0 aliphatic rings. The Hall–Kier alpha value is -1.91. The van der Waals surface area contributed by atoms with Gasteiger partial charge in [-0.25, -0.2) is 4.98 Å². The number of aryl methyl sites for hydroxylation is 1. The first-order chi connectivity index (χ1) is 7.78. The molecule has 5 nitrogen and oxygen atoms in total. The van der Waals surface area contributed by atoms with Crippen LogP contribution in [0.1, 0.15) is 26.5 Å². The molecule has 1 rings (SSSR count). The van der Waals surface area contributed by atoms with E-state index in [2.05, 4.69) is 15.6 Å². The lowest BCUT2D eigenvalue weighted by Gasteiger charge is -2.19. The Morgan fingerprint density at radius 2 is 1.82 bits per heavy atom. The topological polar surface area (TPSA) is 71.1 Å². The zero-order valence-electron chi connectivity index (χ0n) is 10.5. The van der Waals surface area contributed by atoms with Crippen molar-refractivity contribution in [3.63, 3.8) is 0 Å². The number of nitrogens with zero attached hydrogens (tertiary/aromatic N) is 1. The van der Waals surface area contributed by atoms with Gasteiger partial charge in [0.15, 0.2) is 0 Å². The van der Waals surface area contributed by atoms with Gasteiger partial charge in [-0.3, -0.25) is 9.59 Å². The molecule has 0 unspecified atom stereocenters. The predicted molar refractivity (Wildman–Crippen MR) is 65.5 cm³/mol. The molecule has 0 aliphatic heterocycles. The van der Waals surface area contributed by atoms with Crippen LogP contribution >= 0.6 is 0 Å². The van der Waals surface area contributed by atoms with E-state index in [1.165, 1.54) is 0 Å². The molecule has 92 valence electrons. The van der Waals surface area contributed by atoms with Crippen molar-refractivity contribution < 1.29 is 9.59 Å². The Morgan fingerprint density at radius 1 is 1.18 bits per heavy atom. The second-order valence-corrected chi connectivity index (χ2v) is 4.82. The van der Waals surface area contributed by atoms with Gasteiger partial charge < -0.3 is 10.6 Å². The van der Waals surface area contributed by atoms with Crippen LogP contribution in [0.25, 0.3) is 0 Å². The van der Waals surface area contributed by atoms with Gasteiger partial charge in [-0.15, -0.1) is 0 Å². The van der Waals surface area contributed by atoms with Crippen molar-refractivity contribution in [2.24, 2.45) is 0 Å². The Balaban J connectivity index is 2.64. The number of hydrogen-bond acceptors (Lipinski definition) is 3. The summed E-state index contributed by atoms with van der Waals surface area (Å²) in [4.78, 5) is 27.1. The van der Waals surface area contributed by atoms with Crippen LogP contribution in [0.5, 0.6) is 0 Å². The van der Waals surface area contributed by atoms with Crippen molar-refractivity contribution in [1.29, 1.82) is 0 Å². The lowest BCUT2D eigenvalue weighted by atomic mass is 10.1. The molecule has 1 heterocycles. The van der Waals surface area contributed by atoms with Gasteiger partial charge >= 0.3 is 11.8 Å². The van der Waals surface area contributed by atoms with E-state index < -0.39 is 17.4 Å². The van der Waals surface area contributed by atoms with Crippen molar-refractivity contribution in [3.8, 4) is 0 Å². The molecule has 0 saturated carbocycles. The van der Waals surface area contributed by atoms with Gasteiger partial charge in [-0.2, -0.15) is 0 Å². The largest absolute Gasteiger partial charge is 0.343 e. The number of aromatic nitrogens is 1. The third-order valence-electron chi connectivity index (χ3n) is 1.82. The summed E-state index contributed by atoms with van der Waals surface area (Å²) >= 11 is 0. The van der Waals surface area contributed by atoms with E-state index in [0.717, 1.165) is 5.69 Å². The summed E-state index contributed by atoms with van der Waals surface area (Å²) in [6.07, 6.45) is 0.